The second-order valence-electron chi connectivity index (χ2n) is 3.43. The van der Waals surface area contributed by atoms with Crippen molar-refractivity contribution in [3.05, 3.63) is 42.2 Å². The van der Waals surface area contributed by atoms with Gasteiger partial charge in [0.1, 0.15) is 11.6 Å². The average Bonchev–Trinajstić information content (AvgIpc) is 2.38. The Morgan fingerprint density at radius 2 is 1.94 bits per heavy atom. The van der Waals surface area contributed by atoms with Gasteiger partial charge in [0.2, 0.25) is 0 Å². The number of aliphatic hydroxyl groups excluding tert-OH is 1. The number of nitrogens with one attached hydrogen (secondary N) is 1. The number of hydrogen-bond acceptors (Lipinski definition) is 4. The number of halogens is 1. The topological polar surface area (TPSA) is 58.0 Å². The van der Waals surface area contributed by atoms with Crippen LogP contribution < -0.4 is 5.32 Å². The molecule has 0 radical (unpaired) electrons. The first kappa shape index (κ1) is 11.5. The number of aliphatic hydroxyl groups is 1. The summed E-state index contributed by atoms with van der Waals surface area (Å²) in [6, 6.07) is 9.80. The van der Waals surface area contributed by atoms with Gasteiger partial charge in [0.15, 0.2) is 0 Å². The fourth-order valence-corrected chi connectivity index (χ4v) is 1.42. The highest BCUT2D eigenvalue weighted by atomic mass is 19.1. The lowest BCUT2D eigenvalue weighted by Gasteiger charge is -2.04. The predicted octanol–water partition coefficient (Wildman–Crippen LogP) is 1.69. The Labute approximate surface area is 98.1 Å². The highest BCUT2D eigenvalue weighted by Crippen LogP contribution is 2.20. The summed E-state index contributed by atoms with van der Waals surface area (Å²) in [6.07, 6.45) is 0. The Balaban J connectivity index is 2.21. The van der Waals surface area contributed by atoms with Crippen LogP contribution in [-0.4, -0.2) is 28.5 Å². The minimum Gasteiger partial charge on any atom is -0.395 e. The van der Waals surface area contributed by atoms with Crippen LogP contribution in [-0.2, 0) is 0 Å². The molecule has 0 bridgehead atoms. The molecule has 0 amide bonds. The van der Waals surface area contributed by atoms with Crippen LogP contribution in [0.3, 0.4) is 0 Å². The molecule has 0 fully saturated rings. The molecule has 0 saturated carbocycles. The zero-order chi connectivity index (χ0) is 12.1. The Kier molecular flexibility index (Phi) is 3.62. The highest BCUT2D eigenvalue weighted by Gasteiger charge is 2.05. The van der Waals surface area contributed by atoms with E-state index < -0.39 is 0 Å². The van der Waals surface area contributed by atoms with Crippen molar-refractivity contribution in [3.8, 4) is 11.3 Å². The molecule has 4 nitrogen and oxygen atoms in total. The molecular formula is C12H12FN3O. The molecule has 1 heterocycles. The fourth-order valence-electron chi connectivity index (χ4n) is 1.42. The van der Waals surface area contributed by atoms with Crippen molar-refractivity contribution in [2.45, 2.75) is 0 Å². The van der Waals surface area contributed by atoms with Crippen molar-refractivity contribution >= 4 is 5.82 Å². The molecule has 0 aliphatic heterocycles. The SMILES string of the molecule is OCCNc1ccc(-c2ccccc2F)nn1. The molecule has 2 aromatic rings. The Morgan fingerprint density at radius 1 is 1.12 bits per heavy atom. The van der Waals surface area contributed by atoms with Crippen molar-refractivity contribution in [1.82, 2.24) is 10.2 Å². The highest BCUT2D eigenvalue weighted by molar-refractivity contribution is 5.60. The van der Waals surface area contributed by atoms with Gasteiger partial charge >= 0.3 is 0 Å². The lowest BCUT2D eigenvalue weighted by molar-refractivity contribution is 0.311. The Hall–Kier alpha value is -2.01. The van der Waals surface area contributed by atoms with E-state index in [1.807, 2.05) is 0 Å². The van der Waals surface area contributed by atoms with E-state index in [1.54, 1.807) is 30.3 Å². The van der Waals surface area contributed by atoms with E-state index in [2.05, 4.69) is 15.5 Å². The second kappa shape index (κ2) is 5.36. The summed E-state index contributed by atoms with van der Waals surface area (Å²) in [5.74, 6) is 0.233. The van der Waals surface area contributed by atoms with Gasteiger partial charge in [0.25, 0.3) is 0 Å². The largest absolute Gasteiger partial charge is 0.395 e. The number of hydrogen-bond donors (Lipinski definition) is 2. The second-order valence-corrected chi connectivity index (χ2v) is 3.43. The first-order valence-electron chi connectivity index (χ1n) is 5.24. The summed E-state index contributed by atoms with van der Waals surface area (Å²) < 4.78 is 13.5. The fraction of sp³-hybridized carbons (Fsp3) is 0.167. The number of nitrogens with zero attached hydrogens (tertiary/aromatic N) is 2. The average molecular weight is 233 g/mol. The lowest BCUT2D eigenvalue weighted by Crippen LogP contribution is -2.07. The van der Waals surface area contributed by atoms with Gasteiger partial charge in [0, 0.05) is 12.1 Å². The molecule has 0 unspecified atom stereocenters. The quantitative estimate of drug-likeness (QED) is 0.843. The molecule has 1 aromatic carbocycles. The maximum atomic E-state index is 13.5. The summed E-state index contributed by atoms with van der Waals surface area (Å²) in [5, 5.41) is 19.3. The van der Waals surface area contributed by atoms with Crippen LogP contribution in [0.25, 0.3) is 11.3 Å². The van der Waals surface area contributed by atoms with Gasteiger partial charge in [0.05, 0.1) is 12.3 Å². The first-order valence-corrected chi connectivity index (χ1v) is 5.24. The van der Waals surface area contributed by atoms with Gasteiger partial charge < -0.3 is 10.4 Å². The van der Waals surface area contributed by atoms with E-state index in [0.29, 0.717) is 23.6 Å². The molecule has 2 N–H and O–H groups in total. The summed E-state index contributed by atoms with van der Waals surface area (Å²) in [4.78, 5) is 0. The molecule has 0 aliphatic carbocycles. The van der Waals surface area contributed by atoms with Gasteiger partial charge in [-0.15, -0.1) is 10.2 Å². The minimum absolute atomic E-state index is 0.0245. The minimum atomic E-state index is -0.321. The zero-order valence-electron chi connectivity index (χ0n) is 9.10. The predicted molar refractivity (Wildman–Crippen MR) is 63.0 cm³/mol. The molecular weight excluding hydrogens is 221 g/mol. The maximum absolute atomic E-state index is 13.5. The first-order chi connectivity index (χ1) is 8.31. The number of rotatable bonds is 4. The molecule has 88 valence electrons. The number of benzene rings is 1. The van der Waals surface area contributed by atoms with Crippen LogP contribution in [0.4, 0.5) is 10.2 Å². The van der Waals surface area contributed by atoms with Crippen LogP contribution in [0.1, 0.15) is 0 Å². The van der Waals surface area contributed by atoms with Gasteiger partial charge in [-0.25, -0.2) is 4.39 Å². The van der Waals surface area contributed by atoms with Crippen molar-refractivity contribution in [1.29, 1.82) is 0 Å². The van der Waals surface area contributed by atoms with Crippen LogP contribution >= 0.6 is 0 Å². The summed E-state index contributed by atoms with van der Waals surface area (Å²) in [7, 11) is 0. The van der Waals surface area contributed by atoms with Gasteiger partial charge in [-0.2, -0.15) is 0 Å². The maximum Gasteiger partial charge on any atom is 0.148 e. The molecule has 17 heavy (non-hydrogen) atoms. The van der Waals surface area contributed by atoms with E-state index in [4.69, 9.17) is 5.11 Å². The van der Waals surface area contributed by atoms with Crippen LogP contribution in [0.5, 0.6) is 0 Å². The van der Waals surface area contributed by atoms with Gasteiger partial charge in [-0.3, -0.25) is 0 Å². The molecule has 5 heteroatoms. The molecule has 0 aliphatic rings. The number of aromatic nitrogens is 2. The van der Waals surface area contributed by atoms with E-state index in [-0.39, 0.29) is 12.4 Å². The third-order valence-electron chi connectivity index (χ3n) is 2.23. The van der Waals surface area contributed by atoms with E-state index in [9.17, 15) is 4.39 Å². The van der Waals surface area contributed by atoms with Crippen LogP contribution in [0, 0.1) is 5.82 Å². The third kappa shape index (κ3) is 2.76. The summed E-state index contributed by atoms with van der Waals surface area (Å²) in [5.41, 5.74) is 0.909. The molecule has 0 atom stereocenters. The smallest absolute Gasteiger partial charge is 0.148 e. The molecule has 0 saturated heterocycles. The van der Waals surface area contributed by atoms with Crippen molar-refractivity contribution < 1.29 is 9.50 Å². The van der Waals surface area contributed by atoms with E-state index in [1.165, 1.54) is 6.07 Å². The monoisotopic (exact) mass is 233 g/mol. The molecule has 1 aromatic heterocycles. The third-order valence-corrected chi connectivity index (χ3v) is 2.23. The standard InChI is InChI=1S/C12H12FN3O/c13-10-4-2-1-3-9(10)11-5-6-12(16-15-11)14-7-8-17/h1-6,17H,7-8H2,(H,14,16). The van der Waals surface area contributed by atoms with Gasteiger partial charge in [-0.1, -0.05) is 12.1 Å². The van der Waals surface area contributed by atoms with Gasteiger partial charge in [-0.05, 0) is 24.3 Å². The van der Waals surface area contributed by atoms with E-state index >= 15 is 0 Å². The Morgan fingerprint density at radius 3 is 2.59 bits per heavy atom. The lowest BCUT2D eigenvalue weighted by atomic mass is 10.1. The van der Waals surface area contributed by atoms with E-state index in [0.717, 1.165) is 0 Å². The molecule has 2 rings (SSSR count). The van der Waals surface area contributed by atoms with Crippen molar-refractivity contribution in [2.75, 3.05) is 18.5 Å². The zero-order valence-corrected chi connectivity index (χ0v) is 9.10. The normalized spacial score (nSPS) is 10.2. The summed E-state index contributed by atoms with van der Waals surface area (Å²) in [6.45, 7) is 0.435. The van der Waals surface area contributed by atoms with Crippen molar-refractivity contribution in [3.63, 3.8) is 0 Å². The van der Waals surface area contributed by atoms with Crippen LogP contribution in [0.2, 0.25) is 0 Å². The number of anilines is 1. The summed E-state index contributed by atoms with van der Waals surface area (Å²) >= 11 is 0. The van der Waals surface area contributed by atoms with Crippen molar-refractivity contribution in [2.24, 2.45) is 0 Å². The van der Waals surface area contributed by atoms with Crippen LogP contribution in [0.15, 0.2) is 36.4 Å². The molecule has 0 spiro atoms. The Bertz CT molecular complexity index is 487.